The van der Waals surface area contributed by atoms with Gasteiger partial charge in [0.25, 0.3) is 0 Å². The van der Waals surface area contributed by atoms with Crippen LogP contribution in [0.15, 0.2) is 42.5 Å². The fraction of sp³-hybridized carbons (Fsp3) is 0.536. The first kappa shape index (κ1) is 25.4. The topological polar surface area (TPSA) is 78.8 Å². The van der Waals surface area contributed by atoms with Crippen LogP contribution < -0.4 is 5.32 Å². The van der Waals surface area contributed by atoms with Crippen LogP contribution in [0.25, 0.3) is 0 Å². The average Bonchev–Trinajstić information content (AvgIpc) is 3.16. The molecule has 0 bridgehead atoms. The van der Waals surface area contributed by atoms with Gasteiger partial charge in [-0.1, -0.05) is 48.0 Å². The molecule has 0 radical (unpaired) electrons. The van der Waals surface area contributed by atoms with E-state index in [1.807, 2.05) is 32.0 Å². The molecule has 0 spiro atoms. The summed E-state index contributed by atoms with van der Waals surface area (Å²) >= 11 is 0. The molecule has 0 unspecified atom stereocenters. The van der Waals surface area contributed by atoms with Crippen molar-refractivity contribution in [3.63, 3.8) is 0 Å². The number of aryl methyl sites for hydroxylation is 2. The maximum atomic E-state index is 11.0. The number of rotatable bonds is 12. The first-order chi connectivity index (χ1) is 15.6. The minimum atomic E-state index is -0.804. The molecule has 3 rings (SSSR count). The Balaban J connectivity index is 1.45. The van der Waals surface area contributed by atoms with Crippen LogP contribution in [0.5, 0.6) is 0 Å². The van der Waals surface area contributed by atoms with Gasteiger partial charge in [0.15, 0.2) is 0 Å². The Bertz CT molecular complexity index is 914. The number of benzene rings is 2. The number of carbonyl (C=O) groups is 1. The number of carboxylic acid groups (broad SMARTS) is 1. The fourth-order valence-corrected chi connectivity index (χ4v) is 4.98. The van der Waals surface area contributed by atoms with Gasteiger partial charge < -0.3 is 20.3 Å². The van der Waals surface area contributed by atoms with Crippen molar-refractivity contribution in [2.24, 2.45) is 5.92 Å². The molecule has 0 saturated carbocycles. The summed E-state index contributed by atoms with van der Waals surface area (Å²) in [5.74, 6) is -0.175. The van der Waals surface area contributed by atoms with Gasteiger partial charge >= 0.3 is 5.97 Å². The Morgan fingerprint density at radius 2 is 1.85 bits per heavy atom. The fourth-order valence-electron chi connectivity index (χ4n) is 4.98. The summed E-state index contributed by atoms with van der Waals surface area (Å²) in [4.78, 5) is 11.0. The van der Waals surface area contributed by atoms with Crippen LogP contribution >= 0.6 is 0 Å². The number of aliphatic hydroxyl groups is 1. The lowest BCUT2D eigenvalue weighted by molar-refractivity contribution is -0.136. The first-order valence-electron chi connectivity index (χ1n) is 12.1. The van der Waals surface area contributed by atoms with Crippen LogP contribution in [0, 0.1) is 12.8 Å². The molecule has 0 heterocycles. The van der Waals surface area contributed by atoms with Crippen LogP contribution in [0.1, 0.15) is 67.5 Å². The molecular weight excluding hydrogens is 414 g/mol. The molecule has 0 aliphatic heterocycles. The Kier molecular flexibility index (Phi) is 8.69. The molecule has 180 valence electrons. The van der Waals surface area contributed by atoms with Crippen LogP contribution in [0.4, 0.5) is 0 Å². The van der Waals surface area contributed by atoms with E-state index >= 15 is 0 Å². The van der Waals surface area contributed by atoms with E-state index in [4.69, 9.17) is 9.84 Å². The Labute approximate surface area is 198 Å². The van der Waals surface area contributed by atoms with Crippen molar-refractivity contribution in [1.29, 1.82) is 0 Å². The molecule has 5 heteroatoms. The summed E-state index contributed by atoms with van der Waals surface area (Å²) in [6, 6.07) is 14.8. The summed E-state index contributed by atoms with van der Waals surface area (Å²) in [5, 5.41) is 23.1. The van der Waals surface area contributed by atoms with Crippen LogP contribution in [-0.2, 0) is 28.8 Å². The van der Waals surface area contributed by atoms with Crippen molar-refractivity contribution in [2.45, 2.75) is 77.5 Å². The Morgan fingerprint density at radius 1 is 1.18 bits per heavy atom. The number of ether oxygens (including phenoxy) is 1. The molecule has 5 nitrogen and oxygen atoms in total. The van der Waals surface area contributed by atoms with E-state index in [2.05, 4.69) is 43.4 Å². The van der Waals surface area contributed by atoms with E-state index in [1.54, 1.807) is 0 Å². The number of β-amino-alcohol motifs (C(OH)–C–C–N with tert-alkyl or cyclic N) is 1. The third kappa shape index (κ3) is 7.66. The van der Waals surface area contributed by atoms with E-state index in [0.717, 1.165) is 36.0 Å². The van der Waals surface area contributed by atoms with Crippen molar-refractivity contribution < 1.29 is 19.7 Å². The predicted molar refractivity (Wildman–Crippen MR) is 132 cm³/mol. The maximum absolute atomic E-state index is 11.0. The zero-order valence-electron chi connectivity index (χ0n) is 20.4. The van der Waals surface area contributed by atoms with Crippen LogP contribution in [0.2, 0.25) is 0 Å². The number of hydrogen-bond donors (Lipinski definition) is 3. The number of hydrogen-bond acceptors (Lipinski definition) is 4. The molecule has 1 aliphatic rings. The van der Waals surface area contributed by atoms with Gasteiger partial charge in [0.2, 0.25) is 0 Å². The standard InChI is InChI=1S/C28H39NO4/c1-19-9-11-26(24(13-19)10-12-27(31)32)20(2)33-18-25(30)17-29-28(3,4)16-21-14-22-7-5-6-8-23(22)15-21/h5-9,11,13,20-21,25,29-30H,10,12,14-18H2,1-4H3,(H,31,32)/t20-,25+/m1/s1. The molecule has 0 aromatic heterocycles. The van der Waals surface area contributed by atoms with E-state index in [-0.39, 0.29) is 24.7 Å². The van der Waals surface area contributed by atoms with Gasteiger partial charge in [-0.25, -0.2) is 0 Å². The second-order valence-electron chi connectivity index (χ2n) is 10.2. The van der Waals surface area contributed by atoms with Crippen LogP contribution in [0.3, 0.4) is 0 Å². The van der Waals surface area contributed by atoms with Gasteiger partial charge in [-0.15, -0.1) is 0 Å². The summed E-state index contributed by atoms with van der Waals surface area (Å²) in [5.41, 5.74) is 5.96. The van der Waals surface area contributed by atoms with E-state index in [9.17, 15) is 9.90 Å². The maximum Gasteiger partial charge on any atom is 0.303 e. The molecule has 0 saturated heterocycles. The summed E-state index contributed by atoms with van der Waals surface area (Å²) < 4.78 is 5.98. The minimum Gasteiger partial charge on any atom is -0.481 e. The lowest BCUT2D eigenvalue weighted by atomic mass is 9.88. The second-order valence-corrected chi connectivity index (χ2v) is 10.2. The molecule has 3 N–H and O–H groups in total. The highest BCUT2D eigenvalue weighted by molar-refractivity contribution is 5.67. The van der Waals surface area contributed by atoms with E-state index in [0.29, 0.717) is 18.9 Å². The Morgan fingerprint density at radius 3 is 2.48 bits per heavy atom. The summed E-state index contributed by atoms with van der Waals surface area (Å²) in [7, 11) is 0. The third-order valence-corrected chi connectivity index (χ3v) is 6.63. The van der Waals surface area contributed by atoms with Gasteiger partial charge in [-0.05, 0) is 81.5 Å². The van der Waals surface area contributed by atoms with Crippen molar-refractivity contribution in [3.05, 3.63) is 70.3 Å². The zero-order valence-corrected chi connectivity index (χ0v) is 20.4. The van der Waals surface area contributed by atoms with E-state index < -0.39 is 12.1 Å². The quantitative estimate of drug-likeness (QED) is 0.437. The number of fused-ring (bicyclic) bond motifs is 1. The average molecular weight is 454 g/mol. The minimum absolute atomic E-state index is 0.0692. The molecule has 33 heavy (non-hydrogen) atoms. The smallest absolute Gasteiger partial charge is 0.303 e. The Hall–Kier alpha value is -2.21. The van der Waals surface area contributed by atoms with Gasteiger partial charge in [0, 0.05) is 18.5 Å². The number of aliphatic carboxylic acids is 1. The van der Waals surface area contributed by atoms with Crippen molar-refractivity contribution >= 4 is 5.97 Å². The molecule has 0 amide bonds. The predicted octanol–water partition coefficient (Wildman–Crippen LogP) is 4.62. The largest absolute Gasteiger partial charge is 0.481 e. The normalized spacial score (nSPS) is 15.9. The molecular formula is C28H39NO4. The number of carboxylic acids is 1. The highest BCUT2D eigenvalue weighted by atomic mass is 16.5. The van der Waals surface area contributed by atoms with Gasteiger partial charge in [0.05, 0.1) is 18.8 Å². The molecule has 2 atom stereocenters. The zero-order chi connectivity index (χ0) is 24.0. The molecule has 2 aromatic rings. The highest BCUT2D eigenvalue weighted by Crippen LogP contribution is 2.32. The SMILES string of the molecule is Cc1ccc([C@@H](C)OC[C@@H](O)CNC(C)(C)CC2Cc3ccccc3C2)c(CCC(=O)O)c1. The third-order valence-electron chi connectivity index (χ3n) is 6.63. The molecule has 1 aliphatic carbocycles. The van der Waals surface area contributed by atoms with E-state index in [1.165, 1.54) is 11.1 Å². The first-order valence-corrected chi connectivity index (χ1v) is 12.1. The van der Waals surface area contributed by atoms with Crippen molar-refractivity contribution in [1.82, 2.24) is 5.32 Å². The van der Waals surface area contributed by atoms with Gasteiger partial charge in [-0.2, -0.15) is 0 Å². The lowest BCUT2D eigenvalue weighted by Crippen LogP contribution is -2.45. The van der Waals surface area contributed by atoms with Gasteiger partial charge in [-0.3, -0.25) is 4.79 Å². The molecule has 0 fully saturated rings. The number of nitrogens with one attached hydrogen (secondary N) is 1. The monoisotopic (exact) mass is 453 g/mol. The van der Waals surface area contributed by atoms with Crippen molar-refractivity contribution in [3.8, 4) is 0 Å². The summed E-state index contributed by atoms with van der Waals surface area (Å²) in [6.07, 6.45) is 3.06. The highest BCUT2D eigenvalue weighted by Gasteiger charge is 2.28. The lowest BCUT2D eigenvalue weighted by Gasteiger charge is -2.31. The summed E-state index contributed by atoms with van der Waals surface area (Å²) in [6.45, 7) is 9.06. The van der Waals surface area contributed by atoms with Gasteiger partial charge in [0.1, 0.15) is 0 Å². The van der Waals surface area contributed by atoms with Crippen LogP contribution in [-0.4, -0.2) is 41.0 Å². The molecule has 2 aromatic carbocycles. The number of aliphatic hydroxyl groups excluding tert-OH is 1. The van der Waals surface area contributed by atoms with Crippen molar-refractivity contribution in [2.75, 3.05) is 13.2 Å². The second kappa shape index (κ2) is 11.3.